The van der Waals surface area contributed by atoms with Crippen molar-refractivity contribution in [1.82, 2.24) is 0 Å². The summed E-state index contributed by atoms with van der Waals surface area (Å²) in [6.45, 7) is 9.20. The fourth-order valence-corrected chi connectivity index (χ4v) is 4.88. The van der Waals surface area contributed by atoms with E-state index >= 15 is 0 Å². The molecule has 2 aliphatic rings. The van der Waals surface area contributed by atoms with Gasteiger partial charge in [-0.2, -0.15) is 0 Å². The minimum absolute atomic E-state index is 0.0229. The van der Waals surface area contributed by atoms with Gasteiger partial charge < -0.3 is 19.3 Å². The molecule has 0 saturated heterocycles. The van der Waals surface area contributed by atoms with Crippen LogP contribution in [0.1, 0.15) is 74.8 Å². The molecule has 0 radical (unpaired) electrons. The summed E-state index contributed by atoms with van der Waals surface area (Å²) in [5.41, 5.74) is 4.28. The highest BCUT2D eigenvalue weighted by Crippen LogP contribution is 2.48. The summed E-state index contributed by atoms with van der Waals surface area (Å²) < 4.78 is 18.2. The molecule has 5 nitrogen and oxygen atoms in total. The van der Waals surface area contributed by atoms with Gasteiger partial charge in [-0.25, -0.2) is 0 Å². The molecule has 0 spiro atoms. The van der Waals surface area contributed by atoms with Crippen molar-refractivity contribution in [3.63, 3.8) is 0 Å². The lowest BCUT2D eigenvalue weighted by Gasteiger charge is -2.42. The molecule has 31 heavy (non-hydrogen) atoms. The minimum atomic E-state index is -0.807. The molecule has 2 aromatic carbocycles. The summed E-state index contributed by atoms with van der Waals surface area (Å²) in [6.07, 6.45) is 1.92. The molecular weight excluding hydrogens is 392 g/mol. The van der Waals surface area contributed by atoms with Crippen LogP contribution in [0.2, 0.25) is 0 Å². The van der Waals surface area contributed by atoms with Crippen LogP contribution in [0, 0.1) is 5.41 Å². The third-order valence-corrected chi connectivity index (χ3v) is 7.13. The number of hydrogen-bond donors (Lipinski definition) is 1. The molecule has 2 aromatic rings. The van der Waals surface area contributed by atoms with Crippen molar-refractivity contribution in [3.05, 3.63) is 58.7 Å². The van der Waals surface area contributed by atoms with E-state index in [1.807, 2.05) is 18.2 Å². The van der Waals surface area contributed by atoms with Gasteiger partial charge >= 0.3 is 5.97 Å². The van der Waals surface area contributed by atoms with Crippen LogP contribution in [0.15, 0.2) is 36.4 Å². The van der Waals surface area contributed by atoms with Crippen molar-refractivity contribution < 1.29 is 24.1 Å². The van der Waals surface area contributed by atoms with Gasteiger partial charge in [-0.05, 0) is 47.9 Å². The first-order valence-corrected chi connectivity index (χ1v) is 11.0. The van der Waals surface area contributed by atoms with Crippen LogP contribution in [-0.4, -0.2) is 24.8 Å². The predicted molar refractivity (Wildman–Crippen MR) is 119 cm³/mol. The molecule has 5 heteroatoms. The second kappa shape index (κ2) is 7.86. The van der Waals surface area contributed by atoms with E-state index in [0.717, 1.165) is 29.9 Å². The maximum absolute atomic E-state index is 11.1. The van der Waals surface area contributed by atoms with E-state index < -0.39 is 11.6 Å². The zero-order valence-corrected chi connectivity index (χ0v) is 19.0. The second-order valence-corrected chi connectivity index (χ2v) is 9.81. The standard InChI is InChI=1S/C26H32O5/c1-25(2,3)26(4,29-5)21-8-6-7-20-19(21)11-12-22(20)31-17-9-10-18-16(13-24(27)28)15-30-23(18)14-17/h6-10,14,16,22H,11-13,15H2,1-5H3,(H,27,28). The number of carbonyl (C=O) groups is 1. The predicted octanol–water partition coefficient (Wildman–Crippen LogP) is 5.61. The van der Waals surface area contributed by atoms with Crippen molar-refractivity contribution in [2.45, 2.75) is 64.6 Å². The lowest BCUT2D eigenvalue weighted by Crippen LogP contribution is -2.39. The maximum atomic E-state index is 11.1. The van der Waals surface area contributed by atoms with E-state index in [9.17, 15) is 4.79 Å². The highest BCUT2D eigenvalue weighted by Gasteiger charge is 2.42. The maximum Gasteiger partial charge on any atom is 0.304 e. The topological polar surface area (TPSA) is 65.0 Å². The summed E-state index contributed by atoms with van der Waals surface area (Å²) in [7, 11) is 1.79. The number of ether oxygens (including phenoxy) is 3. The normalized spacial score (nSPS) is 21.7. The molecule has 0 aromatic heterocycles. The van der Waals surface area contributed by atoms with E-state index in [1.54, 1.807) is 7.11 Å². The molecule has 1 aliphatic heterocycles. The van der Waals surface area contributed by atoms with Crippen LogP contribution in [0.5, 0.6) is 11.5 Å². The van der Waals surface area contributed by atoms with Crippen LogP contribution in [0.3, 0.4) is 0 Å². The summed E-state index contributed by atoms with van der Waals surface area (Å²) in [5.74, 6) is 0.581. The van der Waals surface area contributed by atoms with E-state index in [0.29, 0.717) is 6.61 Å². The molecule has 0 fully saturated rings. The quantitative estimate of drug-likeness (QED) is 0.653. The van der Waals surface area contributed by atoms with Crippen LogP contribution in [0.25, 0.3) is 0 Å². The van der Waals surface area contributed by atoms with Gasteiger partial charge in [0.05, 0.1) is 18.6 Å². The zero-order valence-electron chi connectivity index (χ0n) is 19.0. The van der Waals surface area contributed by atoms with Gasteiger partial charge in [0, 0.05) is 24.7 Å². The third kappa shape index (κ3) is 3.80. The molecule has 4 rings (SSSR count). The Morgan fingerprint density at radius 1 is 1.16 bits per heavy atom. The molecule has 166 valence electrons. The lowest BCUT2D eigenvalue weighted by molar-refractivity contribution is -0.137. The molecule has 0 saturated carbocycles. The van der Waals surface area contributed by atoms with Crippen LogP contribution < -0.4 is 9.47 Å². The number of rotatable bonds is 6. The molecule has 3 unspecified atom stereocenters. The number of methoxy groups -OCH3 is 1. The molecule has 1 N–H and O–H groups in total. The van der Waals surface area contributed by atoms with Gasteiger partial charge in [0.2, 0.25) is 0 Å². The smallest absolute Gasteiger partial charge is 0.304 e. The summed E-state index contributed by atoms with van der Waals surface area (Å²) in [5, 5.41) is 9.10. The van der Waals surface area contributed by atoms with Crippen molar-refractivity contribution in [2.24, 2.45) is 5.41 Å². The number of benzene rings is 2. The Kier molecular flexibility index (Phi) is 5.50. The second-order valence-electron chi connectivity index (χ2n) is 9.81. The van der Waals surface area contributed by atoms with E-state index in [2.05, 4.69) is 45.9 Å². The van der Waals surface area contributed by atoms with Gasteiger partial charge in [-0.3, -0.25) is 4.79 Å². The van der Waals surface area contributed by atoms with Gasteiger partial charge in [0.25, 0.3) is 0 Å². The van der Waals surface area contributed by atoms with Crippen LogP contribution in [-0.2, 0) is 21.6 Å². The van der Waals surface area contributed by atoms with Crippen molar-refractivity contribution in [2.75, 3.05) is 13.7 Å². The van der Waals surface area contributed by atoms with Crippen LogP contribution >= 0.6 is 0 Å². The number of fused-ring (bicyclic) bond motifs is 2. The Hall–Kier alpha value is -2.53. The number of carboxylic acids is 1. The highest BCUT2D eigenvalue weighted by molar-refractivity contribution is 5.68. The summed E-state index contributed by atoms with van der Waals surface area (Å²) in [4.78, 5) is 11.1. The molecule has 3 atom stereocenters. The Morgan fingerprint density at radius 3 is 2.61 bits per heavy atom. The number of aliphatic carboxylic acids is 1. The monoisotopic (exact) mass is 424 g/mol. The van der Waals surface area contributed by atoms with Gasteiger partial charge in [0.15, 0.2) is 0 Å². The van der Waals surface area contributed by atoms with E-state index in [-0.39, 0.29) is 23.9 Å². The number of hydrogen-bond acceptors (Lipinski definition) is 4. The largest absolute Gasteiger partial charge is 0.492 e. The lowest BCUT2D eigenvalue weighted by atomic mass is 9.71. The van der Waals surface area contributed by atoms with E-state index in [4.69, 9.17) is 19.3 Å². The fraction of sp³-hybridized carbons (Fsp3) is 0.500. The third-order valence-electron chi connectivity index (χ3n) is 7.13. The van der Waals surface area contributed by atoms with Gasteiger partial charge in [-0.1, -0.05) is 45.0 Å². The average molecular weight is 425 g/mol. The van der Waals surface area contributed by atoms with Crippen molar-refractivity contribution >= 4 is 5.97 Å². The Bertz CT molecular complexity index is 990. The molecular formula is C26H32O5. The van der Waals surface area contributed by atoms with Crippen LogP contribution in [0.4, 0.5) is 0 Å². The first-order valence-electron chi connectivity index (χ1n) is 11.0. The average Bonchev–Trinajstić information content (AvgIpc) is 3.30. The molecule has 1 aliphatic carbocycles. The highest BCUT2D eigenvalue weighted by atomic mass is 16.5. The molecule has 0 bridgehead atoms. The zero-order chi connectivity index (χ0) is 22.4. The fourth-order valence-electron chi connectivity index (χ4n) is 4.88. The first-order chi connectivity index (χ1) is 14.6. The van der Waals surface area contributed by atoms with Gasteiger partial charge in [-0.15, -0.1) is 0 Å². The molecule has 0 amide bonds. The summed E-state index contributed by atoms with van der Waals surface area (Å²) >= 11 is 0. The van der Waals surface area contributed by atoms with Crippen molar-refractivity contribution in [3.8, 4) is 11.5 Å². The molecule has 1 heterocycles. The minimum Gasteiger partial charge on any atom is -0.492 e. The Balaban J connectivity index is 1.59. The summed E-state index contributed by atoms with van der Waals surface area (Å²) in [6, 6.07) is 12.2. The first kappa shape index (κ1) is 21.7. The van der Waals surface area contributed by atoms with Crippen molar-refractivity contribution in [1.29, 1.82) is 0 Å². The van der Waals surface area contributed by atoms with Gasteiger partial charge in [0.1, 0.15) is 17.6 Å². The Labute approximate surface area is 184 Å². The SMILES string of the molecule is COC(C)(c1cccc2c1CCC2Oc1ccc2c(c1)OCC2CC(=O)O)C(C)(C)C. The Morgan fingerprint density at radius 2 is 1.94 bits per heavy atom. The number of carboxylic acid groups (broad SMARTS) is 1. The van der Waals surface area contributed by atoms with E-state index in [1.165, 1.54) is 16.7 Å².